The Morgan fingerprint density at radius 1 is 1.12 bits per heavy atom. The van der Waals surface area contributed by atoms with Gasteiger partial charge in [-0.15, -0.1) is 0 Å². The fourth-order valence-corrected chi connectivity index (χ4v) is 3.43. The number of nitrogens with zero attached hydrogens (tertiary/aromatic N) is 1. The fourth-order valence-electron chi connectivity index (χ4n) is 3.43. The summed E-state index contributed by atoms with van der Waals surface area (Å²) in [5.74, 6) is 0.735. The molecule has 0 spiro atoms. The Labute approximate surface area is 146 Å². The van der Waals surface area contributed by atoms with Gasteiger partial charge < -0.3 is 9.15 Å². The molecule has 4 heteroatoms. The van der Waals surface area contributed by atoms with E-state index >= 15 is 0 Å². The summed E-state index contributed by atoms with van der Waals surface area (Å²) >= 11 is 0. The molecule has 3 aromatic rings. The minimum atomic E-state index is -0.325. The topological polar surface area (TPSA) is 42.7 Å². The summed E-state index contributed by atoms with van der Waals surface area (Å²) in [5.41, 5.74) is 4.05. The normalized spacial score (nSPS) is 14.4. The summed E-state index contributed by atoms with van der Waals surface area (Å²) in [5, 5.41) is 0.944. The molecule has 2 aromatic carbocycles. The van der Waals surface area contributed by atoms with Crippen molar-refractivity contribution in [3.63, 3.8) is 0 Å². The van der Waals surface area contributed by atoms with Gasteiger partial charge in [0.25, 0.3) is 0 Å². The van der Waals surface area contributed by atoms with Crippen molar-refractivity contribution < 1.29 is 9.15 Å². The lowest BCUT2D eigenvalue weighted by Gasteiger charge is -2.28. The van der Waals surface area contributed by atoms with Gasteiger partial charge in [0, 0.05) is 37.2 Å². The Morgan fingerprint density at radius 2 is 1.96 bits per heavy atom. The van der Waals surface area contributed by atoms with Crippen LogP contribution in [-0.4, -0.2) is 24.6 Å². The van der Waals surface area contributed by atoms with Gasteiger partial charge in [-0.05, 0) is 42.2 Å². The van der Waals surface area contributed by atoms with Crippen molar-refractivity contribution in [3.05, 3.63) is 75.6 Å². The quantitative estimate of drug-likeness (QED) is 0.684. The van der Waals surface area contributed by atoms with E-state index in [4.69, 9.17) is 9.15 Å². The molecule has 0 fully saturated rings. The number of fused-ring (bicyclic) bond motifs is 2. The molecule has 4 rings (SSSR count). The Balaban J connectivity index is 1.39. The largest absolute Gasteiger partial charge is 0.492 e. The van der Waals surface area contributed by atoms with Gasteiger partial charge in [-0.1, -0.05) is 24.3 Å². The monoisotopic (exact) mass is 335 g/mol. The van der Waals surface area contributed by atoms with E-state index in [-0.39, 0.29) is 5.63 Å². The molecule has 0 saturated carbocycles. The lowest BCUT2D eigenvalue weighted by atomic mass is 10.0. The number of hydrogen-bond acceptors (Lipinski definition) is 4. The van der Waals surface area contributed by atoms with Crippen LogP contribution in [0.5, 0.6) is 5.75 Å². The van der Waals surface area contributed by atoms with Crippen LogP contribution < -0.4 is 10.4 Å². The van der Waals surface area contributed by atoms with Crippen LogP contribution in [0, 0.1) is 6.92 Å². The molecule has 0 N–H and O–H groups in total. The second kappa shape index (κ2) is 6.73. The minimum absolute atomic E-state index is 0.325. The van der Waals surface area contributed by atoms with Crippen molar-refractivity contribution in [1.82, 2.24) is 4.90 Å². The maximum atomic E-state index is 11.5. The van der Waals surface area contributed by atoms with Crippen LogP contribution in [0.2, 0.25) is 0 Å². The highest BCUT2D eigenvalue weighted by Gasteiger charge is 2.15. The van der Waals surface area contributed by atoms with E-state index in [9.17, 15) is 4.79 Å². The Bertz CT molecular complexity index is 961. The van der Waals surface area contributed by atoms with Gasteiger partial charge in [0.1, 0.15) is 17.9 Å². The van der Waals surface area contributed by atoms with Crippen LogP contribution >= 0.6 is 0 Å². The minimum Gasteiger partial charge on any atom is -0.492 e. The average molecular weight is 335 g/mol. The number of benzene rings is 2. The molecule has 128 valence electrons. The zero-order valence-electron chi connectivity index (χ0n) is 14.3. The van der Waals surface area contributed by atoms with E-state index in [2.05, 4.69) is 29.2 Å². The molecule has 25 heavy (non-hydrogen) atoms. The van der Waals surface area contributed by atoms with E-state index < -0.39 is 0 Å². The molecule has 0 aliphatic carbocycles. The predicted octanol–water partition coefficient (Wildman–Crippen LogP) is 3.54. The summed E-state index contributed by atoms with van der Waals surface area (Å²) < 4.78 is 11.2. The summed E-state index contributed by atoms with van der Waals surface area (Å²) in [6.07, 6.45) is 1.09. The van der Waals surface area contributed by atoms with E-state index in [1.165, 1.54) is 17.2 Å². The van der Waals surface area contributed by atoms with Crippen molar-refractivity contribution in [2.75, 3.05) is 19.7 Å². The highest BCUT2D eigenvalue weighted by Crippen LogP contribution is 2.22. The molecule has 1 aliphatic rings. The highest BCUT2D eigenvalue weighted by atomic mass is 16.5. The predicted molar refractivity (Wildman–Crippen MR) is 98.1 cm³/mol. The molecular formula is C21H21NO3. The molecule has 1 aliphatic heterocycles. The average Bonchev–Trinajstić information content (AvgIpc) is 2.61. The van der Waals surface area contributed by atoms with Crippen molar-refractivity contribution in [2.24, 2.45) is 0 Å². The second-order valence-electron chi connectivity index (χ2n) is 6.55. The fraction of sp³-hybridized carbons (Fsp3) is 0.286. The summed E-state index contributed by atoms with van der Waals surface area (Å²) in [6, 6.07) is 15.8. The molecule has 0 bridgehead atoms. The maximum Gasteiger partial charge on any atom is 0.336 e. The molecule has 2 heterocycles. The molecule has 0 atom stereocenters. The first-order chi connectivity index (χ1) is 12.2. The van der Waals surface area contributed by atoms with Gasteiger partial charge >= 0.3 is 5.63 Å². The van der Waals surface area contributed by atoms with Crippen molar-refractivity contribution in [2.45, 2.75) is 19.9 Å². The number of ether oxygens (including phenoxy) is 1. The van der Waals surface area contributed by atoms with Crippen LogP contribution in [0.3, 0.4) is 0 Å². The zero-order chi connectivity index (χ0) is 17.2. The van der Waals surface area contributed by atoms with Gasteiger partial charge in [-0.25, -0.2) is 4.79 Å². The SMILES string of the molecule is Cc1cc(=O)oc2cc(OCCN3CCc4ccccc4C3)ccc12. The molecule has 1 aromatic heterocycles. The molecule has 4 nitrogen and oxygen atoms in total. The van der Waals surface area contributed by atoms with Gasteiger partial charge in [0.05, 0.1) is 0 Å². The number of aryl methyl sites for hydroxylation is 1. The molecule has 0 unspecified atom stereocenters. The first-order valence-corrected chi connectivity index (χ1v) is 8.65. The number of rotatable bonds is 4. The summed E-state index contributed by atoms with van der Waals surface area (Å²) in [7, 11) is 0. The van der Waals surface area contributed by atoms with Gasteiger partial charge in [0.15, 0.2) is 0 Å². The third-order valence-electron chi connectivity index (χ3n) is 4.81. The van der Waals surface area contributed by atoms with Crippen molar-refractivity contribution in [3.8, 4) is 5.75 Å². The third kappa shape index (κ3) is 3.44. The lowest BCUT2D eigenvalue weighted by molar-refractivity contribution is 0.196. The number of hydrogen-bond donors (Lipinski definition) is 0. The molecule has 0 amide bonds. The van der Waals surface area contributed by atoms with Crippen molar-refractivity contribution in [1.29, 1.82) is 0 Å². The van der Waals surface area contributed by atoms with E-state index in [1.807, 2.05) is 19.1 Å². The van der Waals surface area contributed by atoms with Crippen LogP contribution in [0.25, 0.3) is 11.0 Å². The van der Waals surface area contributed by atoms with Gasteiger partial charge in [0.2, 0.25) is 0 Å². The first-order valence-electron chi connectivity index (χ1n) is 8.65. The lowest BCUT2D eigenvalue weighted by Crippen LogP contribution is -2.33. The standard InChI is InChI=1S/C21H21NO3/c1-15-12-21(23)25-20-13-18(6-7-19(15)20)24-11-10-22-9-8-16-4-2-3-5-17(16)14-22/h2-7,12-13H,8-11,14H2,1H3. The Hall–Kier alpha value is -2.59. The molecular weight excluding hydrogens is 314 g/mol. The summed E-state index contributed by atoms with van der Waals surface area (Å²) in [4.78, 5) is 13.9. The second-order valence-corrected chi connectivity index (χ2v) is 6.55. The van der Waals surface area contributed by atoms with Gasteiger partial charge in [-0.2, -0.15) is 0 Å². The van der Waals surface area contributed by atoms with Crippen LogP contribution in [0.15, 0.2) is 57.7 Å². The Kier molecular flexibility index (Phi) is 4.28. The first kappa shape index (κ1) is 15.9. The van der Waals surface area contributed by atoms with E-state index in [0.717, 1.165) is 42.8 Å². The Morgan fingerprint density at radius 3 is 2.84 bits per heavy atom. The van der Waals surface area contributed by atoms with Crippen molar-refractivity contribution >= 4 is 11.0 Å². The molecule has 0 radical (unpaired) electrons. The third-order valence-corrected chi connectivity index (χ3v) is 4.81. The van der Waals surface area contributed by atoms with Crippen LogP contribution in [0.4, 0.5) is 0 Å². The zero-order valence-corrected chi connectivity index (χ0v) is 14.3. The van der Waals surface area contributed by atoms with Crippen LogP contribution in [0.1, 0.15) is 16.7 Å². The smallest absolute Gasteiger partial charge is 0.336 e. The van der Waals surface area contributed by atoms with E-state index in [1.54, 1.807) is 6.07 Å². The highest BCUT2D eigenvalue weighted by molar-refractivity contribution is 5.81. The van der Waals surface area contributed by atoms with E-state index in [0.29, 0.717) is 12.2 Å². The maximum absolute atomic E-state index is 11.5. The summed E-state index contributed by atoms with van der Waals surface area (Å²) in [6.45, 7) is 5.44. The van der Waals surface area contributed by atoms with Crippen LogP contribution in [-0.2, 0) is 13.0 Å². The van der Waals surface area contributed by atoms with Gasteiger partial charge in [-0.3, -0.25) is 4.90 Å². The molecule has 0 saturated heterocycles.